The summed E-state index contributed by atoms with van der Waals surface area (Å²) in [6, 6.07) is 9.41. The van der Waals surface area contributed by atoms with Gasteiger partial charge in [0.1, 0.15) is 12.6 Å². The SMILES string of the molecule is C[C@H]1C(=O)N2[C@@H](CCN3CCC4(CC4)C(O)C3)CCC[C@H]2CN1C(=O)OCc1ccccc1. The zero-order valence-corrected chi connectivity index (χ0v) is 19.7. The number of piperazine rings is 1. The summed E-state index contributed by atoms with van der Waals surface area (Å²) in [6.45, 7) is 5.33. The fraction of sp³-hybridized carbons (Fsp3) is 0.692. The summed E-state index contributed by atoms with van der Waals surface area (Å²) in [6.07, 6.45) is 6.82. The van der Waals surface area contributed by atoms with E-state index in [2.05, 4.69) is 9.80 Å². The van der Waals surface area contributed by atoms with Crippen LogP contribution in [0.25, 0.3) is 0 Å². The maximum atomic E-state index is 13.4. The third-order valence-electron chi connectivity index (χ3n) is 8.52. The van der Waals surface area contributed by atoms with Gasteiger partial charge in [-0.3, -0.25) is 9.69 Å². The molecule has 180 valence electrons. The molecule has 1 aromatic rings. The van der Waals surface area contributed by atoms with Gasteiger partial charge in [-0.2, -0.15) is 0 Å². The van der Waals surface area contributed by atoms with Gasteiger partial charge in [0.05, 0.1) is 6.10 Å². The van der Waals surface area contributed by atoms with E-state index in [0.717, 1.165) is 57.3 Å². The number of hydrogen-bond acceptors (Lipinski definition) is 5. The van der Waals surface area contributed by atoms with Crippen molar-refractivity contribution in [1.82, 2.24) is 14.7 Å². The molecule has 1 aromatic carbocycles. The largest absolute Gasteiger partial charge is 0.445 e. The number of amides is 2. The number of nitrogens with zero attached hydrogens (tertiary/aromatic N) is 3. The number of ether oxygens (including phenoxy) is 1. The molecule has 1 aliphatic carbocycles. The maximum absolute atomic E-state index is 13.4. The number of fused-ring (bicyclic) bond motifs is 1. The quantitative estimate of drug-likeness (QED) is 0.739. The summed E-state index contributed by atoms with van der Waals surface area (Å²) in [5, 5.41) is 10.5. The van der Waals surface area contributed by atoms with E-state index >= 15 is 0 Å². The van der Waals surface area contributed by atoms with Gasteiger partial charge in [-0.05, 0) is 69.4 Å². The van der Waals surface area contributed by atoms with Crippen LogP contribution in [0.15, 0.2) is 30.3 Å². The number of carbonyl (C=O) groups excluding carboxylic acids is 2. The summed E-state index contributed by atoms with van der Waals surface area (Å²) >= 11 is 0. The smallest absolute Gasteiger partial charge is 0.410 e. The normalized spacial score (nSPS) is 31.4. The molecule has 4 fully saturated rings. The van der Waals surface area contributed by atoms with E-state index < -0.39 is 12.1 Å². The molecule has 0 radical (unpaired) electrons. The van der Waals surface area contributed by atoms with E-state index in [-0.39, 0.29) is 36.1 Å². The number of aliphatic hydroxyl groups excluding tert-OH is 1. The Morgan fingerprint density at radius 1 is 1.15 bits per heavy atom. The van der Waals surface area contributed by atoms with Crippen molar-refractivity contribution in [2.45, 2.75) is 82.7 Å². The van der Waals surface area contributed by atoms with Crippen LogP contribution in [0.5, 0.6) is 0 Å². The summed E-state index contributed by atoms with van der Waals surface area (Å²) in [5.74, 6) is 0.0447. The molecule has 0 aromatic heterocycles. The minimum absolute atomic E-state index is 0.0447. The average Bonchev–Trinajstić information content (AvgIpc) is 3.62. The van der Waals surface area contributed by atoms with Crippen molar-refractivity contribution in [2.24, 2.45) is 5.41 Å². The predicted octanol–water partition coefficient (Wildman–Crippen LogP) is 3.01. The van der Waals surface area contributed by atoms with E-state index in [1.54, 1.807) is 4.90 Å². The molecule has 7 nitrogen and oxygen atoms in total. The number of hydrogen-bond donors (Lipinski definition) is 1. The van der Waals surface area contributed by atoms with Crippen LogP contribution in [0, 0.1) is 5.41 Å². The van der Waals surface area contributed by atoms with Crippen molar-refractivity contribution < 1.29 is 19.4 Å². The average molecular weight is 456 g/mol. The lowest BCUT2D eigenvalue weighted by Gasteiger charge is -2.50. The highest BCUT2D eigenvalue weighted by Gasteiger charge is 2.51. The van der Waals surface area contributed by atoms with Crippen LogP contribution in [0.2, 0.25) is 0 Å². The first-order chi connectivity index (χ1) is 16.0. The molecule has 4 aliphatic rings. The van der Waals surface area contributed by atoms with Crippen molar-refractivity contribution in [3.63, 3.8) is 0 Å². The second-order valence-electron chi connectivity index (χ2n) is 10.6. The minimum Gasteiger partial charge on any atom is -0.445 e. The highest BCUT2D eigenvalue weighted by Crippen LogP contribution is 2.53. The molecule has 3 saturated heterocycles. The van der Waals surface area contributed by atoms with Gasteiger partial charge in [0.25, 0.3) is 0 Å². The number of benzene rings is 1. The van der Waals surface area contributed by atoms with Crippen molar-refractivity contribution >= 4 is 12.0 Å². The van der Waals surface area contributed by atoms with Crippen LogP contribution in [0.1, 0.15) is 57.4 Å². The Bertz CT molecular complexity index is 858. The number of aliphatic hydroxyl groups is 1. The molecule has 1 unspecified atom stereocenters. The predicted molar refractivity (Wildman–Crippen MR) is 124 cm³/mol. The van der Waals surface area contributed by atoms with Crippen molar-refractivity contribution in [1.29, 1.82) is 0 Å². The fourth-order valence-electron chi connectivity index (χ4n) is 6.11. The van der Waals surface area contributed by atoms with Crippen LogP contribution >= 0.6 is 0 Å². The van der Waals surface area contributed by atoms with Crippen molar-refractivity contribution in [3.8, 4) is 0 Å². The molecule has 4 atom stereocenters. The zero-order valence-electron chi connectivity index (χ0n) is 19.7. The third kappa shape index (κ3) is 4.62. The Morgan fingerprint density at radius 2 is 1.94 bits per heavy atom. The van der Waals surface area contributed by atoms with Crippen LogP contribution in [-0.4, -0.2) is 82.2 Å². The number of rotatable bonds is 5. The summed E-state index contributed by atoms with van der Waals surface area (Å²) in [5.41, 5.74) is 1.17. The molecule has 3 aliphatic heterocycles. The molecule has 0 bridgehead atoms. The van der Waals surface area contributed by atoms with Crippen LogP contribution in [0.4, 0.5) is 4.79 Å². The van der Waals surface area contributed by atoms with Crippen molar-refractivity contribution in [3.05, 3.63) is 35.9 Å². The second-order valence-corrected chi connectivity index (χ2v) is 10.6. The van der Waals surface area contributed by atoms with E-state index in [1.165, 1.54) is 12.8 Å². The van der Waals surface area contributed by atoms with Crippen LogP contribution < -0.4 is 0 Å². The van der Waals surface area contributed by atoms with Crippen molar-refractivity contribution in [2.75, 3.05) is 26.2 Å². The fourth-order valence-corrected chi connectivity index (χ4v) is 6.11. The van der Waals surface area contributed by atoms with Gasteiger partial charge in [0, 0.05) is 31.7 Å². The van der Waals surface area contributed by atoms with E-state index in [9.17, 15) is 14.7 Å². The molecule has 1 saturated carbocycles. The number of carbonyl (C=O) groups is 2. The van der Waals surface area contributed by atoms with Gasteiger partial charge in [-0.25, -0.2) is 4.79 Å². The second kappa shape index (κ2) is 9.26. The van der Waals surface area contributed by atoms with Crippen LogP contribution in [-0.2, 0) is 16.1 Å². The van der Waals surface area contributed by atoms with Crippen LogP contribution in [0.3, 0.4) is 0 Å². The standard InChI is InChI=1S/C26H37N3O4/c1-19-24(31)29-21(10-14-27-15-13-26(11-12-26)23(30)17-27)8-5-9-22(29)16-28(19)25(32)33-18-20-6-3-2-4-7-20/h2-4,6-7,19,21-23,30H,5,8-18H2,1H3/t19-,21+,22-,23?/m0/s1. The Kier molecular flexibility index (Phi) is 6.36. The molecule has 33 heavy (non-hydrogen) atoms. The monoisotopic (exact) mass is 455 g/mol. The lowest BCUT2D eigenvalue weighted by atomic mass is 9.88. The van der Waals surface area contributed by atoms with Gasteiger partial charge in [0.2, 0.25) is 5.91 Å². The first-order valence-electron chi connectivity index (χ1n) is 12.7. The number of β-amino-alcohol motifs (C(OH)–C–C–N with tert-alkyl or cyclic N) is 1. The highest BCUT2D eigenvalue weighted by molar-refractivity contribution is 5.87. The Labute approximate surface area is 196 Å². The molecular weight excluding hydrogens is 418 g/mol. The summed E-state index contributed by atoms with van der Waals surface area (Å²) < 4.78 is 5.54. The summed E-state index contributed by atoms with van der Waals surface area (Å²) in [7, 11) is 0. The van der Waals surface area contributed by atoms with Gasteiger partial charge in [-0.1, -0.05) is 30.3 Å². The van der Waals surface area contributed by atoms with Gasteiger partial charge in [-0.15, -0.1) is 0 Å². The van der Waals surface area contributed by atoms with E-state index in [1.807, 2.05) is 37.3 Å². The third-order valence-corrected chi connectivity index (χ3v) is 8.52. The number of piperidine rings is 2. The highest BCUT2D eigenvalue weighted by atomic mass is 16.6. The molecule has 1 spiro atoms. The Morgan fingerprint density at radius 3 is 2.67 bits per heavy atom. The van der Waals surface area contributed by atoms with Gasteiger partial charge >= 0.3 is 6.09 Å². The Hall–Kier alpha value is -2.12. The minimum atomic E-state index is -0.503. The molecule has 1 N–H and O–H groups in total. The molecule has 3 heterocycles. The molecular formula is C26H37N3O4. The molecule has 5 rings (SSSR count). The van der Waals surface area contributed by atoms with E-state index in [0.29, 0.717) is 6.54 Å². The van der Waals surface area contributed by atoms with Gasteiger partial charge in [0.15, 0.2) is 0 Å². The summed E-state index contributed by atoms with van der Waals surface area (Å²) in [4.78, 5) is 32.3. The molecule has 2 amide bonds. The first kappa shape index (κ1) is 22.7. The van der Waals surface area contributed by atoms with Gasteiger partial charge < -0.3 is 19.6 Å². The molecule has 7 heteroatoms. The zero-order chi connectivity index (χ0) is 23.0. The van der Waals surface area contributed by atoms with E-state index in [4.69, 9.17) is 4.74 Å². The lowest BCUT2D eigenvalue weighted by Crippen LogP contribution is -2.66. The first-order valence-corrected chi connectivity index (χ1v) is 12.7. The lowest BCUT2D eigenvalue weighted by molar-refractivity contribution is -0.150. The maximum Gasteiger partial charge on any atom is 0.410 e. The number of likely N-dealkylation sites (tertiary alicyclic amines) is 1. The topological polar surface area (TPSA) is 73.3 Å². The Balaban J connectivity index is 1.16.